The highest BCUT2D eigenvalue weighted by Crippen LogP contribution is 2.43. The molecule has 3 atom stereocenters. The number of ether oxygens (including phenoxy) is 1. The van der Waals surface area contributed by atoms with Gasteiger partial charge in [0.1, 0.15) is 19.3 Å². The summed E-state index contributed by atoms with van der Waals surface area (Å²) >= 11 is 0. The molecule has 0 rings (SSSR count). The van der Waals surface area contributed by atoms with Crippen LogP contribution in [0.2, 0.25) is 0 Å². The number of carbonyl (C=O) groups is 2. The highest BCUT2D eigenvalue weighted by atomic mass is 31.2. The van der Waals surface area contributed by atoms with E-state index in [2.05, 4.69) is 111 Å². The van der Waals surface area contributed by atoms with Crippen LogP contribution in [0.25, 0.3) is 0 Å². The van der Waals surface area contributed by atoms with Crippen LogP contribution in [-0.4, -0.2) is 74.3 Å². The maximum absolute atomic E-state index is 13.6. The minimum absolute atomic E-state index is 0.0370. The Morgan fingerprint density at radius 3 is 1.02 bits per heavy atom. The van der Waals surface area contributed by atoms with Crippen LogP contribution in [0.15, 0.2) is 97.2 Å². The number of phosphoric ester groups is 1. The van der Waals surface area contributed by atoms with Crippen molar-refractivity contribution < 1.29 is 37.3 Å². The lowest BCUT2D eigenvalue weighted by Crippen LogP contribution is -2.47. The first-order valence-electron chi connectivity index (χ1n) is 38.6. The second-order valence-corrected chi connectivity index (χ2v) is 28.6. The maximum atomic E-state index is 13.6. The molecule has 0 saturated heterocycles. The molecule has 528 valence electrons. The lowest BCUT2D eigenvalue weighted by Gasteiger charge is -2.27. The van der Waals surface area contributed by atoms with E-state index in [9.17, 15) is 19.0 Å². The van der Waals surface area contributed by atoms with E-state index < -0.39 is 20.0 Å². The van der Waals surface area contributed by atoms with Crippen LogP contribution in [0.1, 0.15) is 355 Å². The molecule has 0 aliphatic heterocycles. The fourth-order valence-corrected chi connectivity index (χ4v) is 11.8. The zero-order chi connectivity index (χ0) is 66.3. The number of nitrogens with one attached hydrogen (secondary N) is 1. The van der Waals surface area contributed by atoms with Crippen molar-refractivity contribution in [2.75, 3.05) is 40.9 Å². The predicted octanol–water partition coefficient (Wildman–Crippen LogP) is 25.0. The molecule has 0 radical (unpaired) electrons. The molecular formula is C81H148N2O7P+. The first kappa shape index (κ1) is 87.9. The third-order valence-electron chi connectivity index (χ3n) is 17.0. The second kappa shape index (κ2) is 69.8. The Balaban J connectivity index is 4.93. The summed E-state index contributed by atoms with van der Waals surface area (Å²) in [5.41, 5.74) is 0. The number of rotatable bonds is 70. The fraction of sp³-hybridized carbons (Fsp3) is 0.778. The number of esters is 1. The van der Waals surface area contributed by atoms with E-state index >= 15 is 0 Å². The number of hydrogen-bond donors (Lipinski definition) is 2. The Morgan fingerprint density at radius 2 is 0.670 bits per heavy atom. The van der Waals surface area contributed by atoms with Gasteiger partial charge in [0.05, 0.1) is 33.8 Å². The third-order valence-corrected chi connectivity index (χ3v) is 18.0. The van der Waals surface area contributed by atoms with Gasteiger partial charge in [0, 0.05) is 12.8 Å². The largest absolute Gasteiger partial charge is 0.472 e. The topological polar surface area (TPSA) is 111 Å². The predicted molar refractivity (Wildman–Crippen MR) is 397 cm³/mol. The van der Waals surface area contributed by atoms with E-state index in [0.29, 0.717) is 17.4 Å². The van der Waals surface area contributed by atoms with Crippen molar-refractivity contribution in [1.82, 2.24) is 5.32 Å². The van der Waals surface area contributed by atoms with Crippen molar-refractivity contribution >= 4 is 19.7 Å². The molecular weight excluding hydrogens is 1140 g/mol. The van der Waals surface area contributed by atoms with E-state index in [0.717, 1.165) is 89.9 Å². The van der Waals surface area contributed by atoms with Gasteiger partial charge in [-0.2, -0.15) is 0 Å². The van der Waals surface area contributed by atoms with Gasteiger partial charge in [0.2, 0.25) is 5.91 Å². The molecule has 0 spiro atoms. The quantitative estimate of drug-likeness (QED) is 0.0205. The van der Waals surface area contributed by atoms with E-state index in [1.807, 2.05) is 33.3 Å². The maximum Gasteiger partial charge on any atom is 0.472 e. The van der Waals surface area contributed by atoms with Crippen molar-refractivity contribution in [1.29, 1.82) is 0 Å². The summed E-state index contributed by atoms with van der Waals surface area (Å²) in [6.45, 7) is 6.98. The third kappa shape index (κ3) is 71.1. The number of carbonyl (C=O) groups excluding carboxylic acids is 2. The standard InChI is InChI=1S/C81H147N2O7P/c1-7-10-13-16-19-22-25-27-29-31-33-35-37-39-41-43-45-47-49-51-53-55-58-61-64-67-70-73-80(84)82-78(77-89-91(86,87)88-76-75-83(4,5)6)79(72-69-66-63-60-57-24-21-18-15-12-9-3)90-81(85)74-71-68-65-62-59-56-54-52-50-48-46-44-42-40-38-36-34-32-30-28-26-23-20-17-14-11-8-2/h19-20,22-23,27-30,33-36,39,41,69,72,78-79H,7-18,21,24-26,31-32,37-38,40,42-68,70-71,73-77H2,1-6H3,(H-,82,84,86,87)/p+1/b22-19-,23-20-,29-27-,30-28-,35-33-,36-34-,41-39-,72-69+. The minimum Gasteiger partial charge on any atom is -0.456 e. The van der Waals surface area contributed by atoms with Crippen molar-refractivity contribution in [2.45, 2.75) is 367 Å². The molecule has 0 fully saturated rings. The number of amides is 1. The molecule has 3 unspecified atom stereocenters. The molecule has 0 aliphatic carbocycles. The average molecular weight is 1290 g/mol. The lowest BCUT2D eigenvalue weighted by atomic mass is 10.0. The van der Waals surface area contributed by atoms with Crippen LogP contribution in [0, 0.1) is 0 Å². The molecule has 10 heteroatoms. The Kier molecular flexibility index (Phi) is 67.4. The van der Waals surface area contributed by atoms with Crippen molar-refractivity contribution in [3.8, 4) is 0 Å². The summed E-state index contributed by atoms with van der Waals surface area (Å²) < 4.78 is 30.9. The van der Waals surface area contributed by atoms with Gasteiger partial charge in [0.15, 0.2) is 0 Å². The number of likely N-dealkylation sites (N-methyl/N-ethyl adjacent to an activating group) is 1. The molecule has 0 bridgehead atoms. The molecule has 0 aliphatic rings. The van der Waals surface area contributed by atoms with Crippen molar-refractivity contribution in [3.63, 3.8) is 0 Å². The first-order valence-corrected chi connectivity index (χ1v) is 40.1. The van der Waals surface area contributed by atoms with Crippen LogP contribution >= 0.6 is 7.82 Å². The Labute approximate surface area is 564 Å². The summed E-state index contributed by atoms with van der Waals surface area (Å²) in [5.74, 6) is -0.502. The van der Waals surface area contributed by atoms with E-state index in [1.54, 1.807) is 0 Å². The Hall–Kier alpha value is -3.07. The minimum atomic E-state index is -4.46. The lowest BCUT2D eigenvalue weighted by molar-refractivity contribution is -0.870. The number of quaternary nitrogens is 1. The van der Waals surface area contributed by atoms with E-state index in [-0.39, 0.29) is 31.5 Å². The molecule has 0 aromatic rings. The van der Waals surface area contributed by atoms with Crippen molar-refractivity contribution in [2.24, 2.45) is 0 Å². The SMILES string of the molecule is CCCCC/C=C\C/C=C\C/C=C\C/C=C\CCCCCCCCCCCCCC(=O)NC(COP(=O)(O)OCC[N+](C)(C)C)C(/C=C/CCCCCCCCCCC)OC(=O)CCCCCCCCCCCCCCCC/C=C\C/C=C\C/C=C\CCCCC. The van der Waals surface area contributed by atoms with Gasteiger partial charge in [0.25, 0.3) is 0 Å². The zero-order valence-electron chi connectivity index (χ0n) is 60.6. The van der Waals surface area contributed by atoms with Crippen LogP contribution in [0.5, 0.6) is 0 Å². The number of hydrogen-bond acceptors (Lipinski definition) is 6. The molecule has 0 saturated carbocycles. The number of unbranched alkanes of at least 4 members (excludes halogenated alkanes) is 40. The van der Waals surface area contributed by atoms with Gasteiger partial charge in [-0.15, -0.1) is 0 Å². The van der Waals surface area contributed by atoms with Gasteiger partial charge >= 0.3 is 13.8 Å². The van der Waals surface area contributed by atoms with Gasteiger partial charge < -0.3 is 19.4 Å². The first-order chi connectivity index (χ1) is 44.4. The second-order valence-electron chi connectivity index (χ2n) is 27.2. The molecule has 2 N–H and O–H groups in total. The smallest absolute Gasteiger partial charge is 0.456 e. The Bertz CT molecular complexity index is 1880. The zero-order valence-corrected chi connectivity index (χ0v) is 61.5. The Morgan fingerprint density at radius 1 is 0.385 bits per heavy atom. The molecule has 0 aromatic carbocycles. The van der Waals surface area contributed by atoms with E-state index in [4.69, 9.17) is 13.8 Å². The molecule has 1 amide bonds. The summed E-state index contributed by atoms with van der Waals surface area (Å²) in [6.07, 6.45) is 95.7. The highest BCUT2D eigenvalue weighted by molar-refractivity contribution is 7.47. The number of allylic oxidation sites excluding steroid dienone is 15. The normalized spacial score (nSPS) is 14.0. The molecule has 0 heterocycles. The summed E-state index contributed by atoms with van der Waals surface area (Å²) in [7, 11) is 1.49. The highest BCUT2D eigenvalue weighted by Gasteiger charge is 2.30. The van der Waals surface area contributed by atoms with Gasteiger partial charge in [-0.3, -0.25) is 18.6 Å². The summed E-state index contributed by atoms with van der Waals surface area (Å²) in [5, 5.41) is 3.08. The summed E-state index contributed by atoms with van der Waals surface area (Å²) in [6, 6.07) is -0.856. The molecule has 0 aromatic heterocycles. The van der Waals surface area contributed by atoms with Crippen LogP contribution in [0.4, 0.5) is 0 Å². The average Bonchev–Trinajstić information content (AvgIpc) is 3.08. The van der Waals surface area contributed by atoms with Gasteiger partial charge in [-0.25, -0.2) is 4.57 Å². The monoisotopic (exact) mass is 1290 g/mol. The van der Waals surface area contributed by atoms with Crippen LogP contribution in [-0.2, 0) is 27.9 Å². The van der Waals surface area contributed by atoms with E-state index in [1.165, 1.54) is 231 Å². The number of phosphoric acid groups is 1. The summed E-state index contributed by atoms with van der Waals surface area (Å²) in [4.78, 5) is 38.0. The fourth-order valence-electron chi connectivity index (χ4n) is 11.1. The van der Waals surface area contributed by atoms with Gasteiger partial charge in [-0.1, -0.05) is 324 Å². The van der Waals surface area contributed by atoms with Crippen LogP contribution in [0.3, 0.4) is 0 Å². The molecule has 91 heavy (non-hydrogen) atoms. The van der Waals surface area contributed by atoms with Crippen molar-refractivity contribution in [3.05, 3.63) is 97.2 Å². The number of nitrogens with zero attached hydrogens (tertiary/aromatic N) is 1. The molecule has 9 nitrogen and oxygen atoms in total. The van der Waals surface area contributed by atoms with Gasteiger partial charge in [-0.05, 0) is 115 Å². The van der Waals surface area contributed by atoms with Crippen LogP contribution < -0.4 is 5.32 Å².